The highest BCUT2D eigenvalue weighted by Gasteiger charge is 2.15. The second-order valence-electron chi connectivity index (χ2n) is 5.65. The maximum absolute atomic E-state index is 11.4. The van der Waals surface area contributed by atoms with E-state index in [9.17, 15) is 13.2 Å². The molecule has 0 saturated carbocycles. The monoisotopic (exact) mass is 334 g/mol. The Morgan fingerprint density at radius 3 is 1.86 bits per heavy atom. The smallest absolute Gasteiger partial charge is 0.334 e. The van der Waals surface area contributed by atoms with Gasteiger partial charge in [-0.15, -0.1) is 0 Å². The van der Waals surface area contributed by atoms with E-state index < -0.39 is 21.8 Å². The zero-order valence-corrected chi connectivity index (χ0v) is 14.5. The van der Waals surface area contributed by atoms with Crippen LogP contribution >= 0.6 is 0 Å². The van der Waals surface area contributed by atoms with Crippen molar-refractivity contribution in [2.24, 2.45) is 0 Å². The highest BCUT2D eigenvalue weighted by molar-refractivity contribution is 7.86. The van der Waals surface area contributed by atoms with Crippen LogP contribution in [0.5, 0.6) is 0 Å². The van der Waals surface area contributed by atoms with Gasteiger partial charge in [0.15, 0.2) is 0 Å². The van der Waals surface area contributed by atoms with Crippen molar-refractivity contribution in [3.63, 3.8) is 0 Å². The van der Waals surface area contributed by atoms with E-state index in [4.69, 9.17) is 9.29 Å². The Hall–Kier alpha value is -0.880. The van der Waals surface area contributed by atoms with Crippen LogP contribution in [0.3, 0.4) is 0 Å². The first-order chi connectivity index (χ1) is 10.4. The average molecular weight is 334 g/mol. The Bertz CT molecular complexity index is 414. The molecule has 0 spiro atoms. The molecule has 130 valence electrons. The first-order valence-corrected chi connectivity index (χ1v) is 9.77. The third kappa shape index (κ3) is 14.1. The van der Waals surface area contributed by atoms with Gasteiger partial charge in [-0.3, -0.25) is 4.55 Å². The maximum atomic E-state index is 11.4. The van der Waals surface area contributed by atoms with E-state index >= 15 is 0 Å². The van der Waals surface area contributed by atoms with Crippen LogP contribution in [0, 0.1) is 0 Å². The van der Waals surface area contributed by atoms with Gasteiger partial charge in [0.2, 0.25) is 0 Å². The van der Waals surface area contributed by atoms with Crippen molar-refractivity contribution < 1.29 is 22.5 Å². The van der Waals surface area contributed by atoms with Crippen LogP contribution in [-0.2, 0) is 19.6 Å². The molecule has 0 fully saturated rings. The molecule has 0 bridgehead atoms. The molecule has 0 aromatic rings. The molecule has 1 N–H and O–H groups in total. The standard InChI is InChI=1S/C16H30O5S/c1-3-4-5-6-7-8-9-10-11-12-13-21-16(17)15(2)14-22(18,19)20/h2-14H2,1H3,(H,18,19,20). The summed E-state index contributed by atoms with van der Waals surface area (Å²) < 4.78 is 34.7. The molecule has 0 radical (unpaired) electrons. The third-order valence-electron chi connectivity index (χ3n) is 3.38. The fourth-order valence-corrected chi connectivity index (χ4v) is 2.69. The lowest BCUT2D eigenvalue weighted by Crippen LogP contribution is -2.16. The fraction of sp³-hybridized carbons (Fsp3) is 0.812. The largest absolute Gasteiger partial charge is 0.462 e. The van der Waals surface area contributed by atoms with Gasteiger partial charge in [-0.25, -0.2) is 4.79 Å². The molecule has 0 unspecified atom stereocenters. The quantitative estimate of drug-likeness (QED) is 0.225. The van der Waals surface area contributed by atoms with Crippen LogP contribution in [0.1, 0.15) is 71.1 Å². The molecule has 0 heterocycles. The van der Waals surface area contributed by atoms with Crippen molar-refractivity contribution in [2.75, 3.05) is 12.4 Å². The molecule has 0 aliphatic rings. The number of ether oxygens (including phenoxy) is 1. The number of unbranched alkanes of at least 4 members (excludes halogenated alkanes) is 9. The van der Waals surface area contributed by atoms with Gasteiger partial charge in [0.05, 0.1) is 6.61 Å². The summed E-state index contributed by atoms with van der Waals surface area (Å²) in [5.74, 6) is -1.53. The molecular weight excluding hydrogens is 304 g/mol. The van der Waals surface area contributed by atoms with Crippen LogP contribution < -0.4 is 0 Å². The Balaban J connectivity index is 3.42. The van der Waals surface area contributed by atoms with Crippen LogP contribution in [0.2, 0.25) is 0 Å². The second kappa shape index (κ2) is 12.6. The van der Waals surface area contributed by atoms with Crippen LogP contribution in [0.4, 0.5) is 0 Å². The van der Waals surface area contributed by atoms with E-state index in [2.05, 4.69) is 13.5 Å². The number of carbonyl (C=O) groups is 1. The number of hydrogen-bond donors (Lipinski definition) is 1. The minimum atomic E-state index is -4.22. The van der Waals surface area contributed by atoms with E-state index in [1.807, 2.05) is 0 Å². The lowest BCUT2D eigenvalue weighted by Gasteiger charge is -2.06. The Labute approximate surface area is 134 Å². The Kier molecular flexibility index (Phi) is 12.1. The SMILES string of the molecule is C=C(CS(=O)(=O)O)C(=O)OCCCCCCCCCCCC. The molecule has 6 heteroatoms. The van der Waals surface area contributed by atoms with E-state index in [1.54, 1.807) is 0 Å². The molecule has 0 aliphatic carbocycles. The number of rotatable bonds is 14. The molecule has 0 saturated heterocycles. The number of esters is 1. The van der Waals surface area contributed by atoms with Crippen molar-refractivity contribution in [3.05, 3.63) is 12.2 Å². The van der Waals surface area contributed by atoms with Crippen LogP contribution in [0.15, 0.2) is 12.2 Å². The zero-order chi connectivity index (χ0) is 16.8. The number of hydrogen-bond acceptors (Lipinski definition) is 4. The lowest BCUT2D eigenvalue weighted by molar-refractivity contribution is -0.139. The minimum Gasteiger partial charge on any atom is -0.462 e. The first-order valence-electron chi connectivity index (χ1n) is 8.17. The van der Waals surface area contributed by atoms with E-state index in [0.717, 1.165) is 19.3 Å². The van der Waals surface area contributed by atoms with E-state index in [-0.39, 0.29) is 12.2 Å². The van der Waals surface area contributed by atoms with Gasteiger partial charge in [0.1, 0.15) is 5.75 Å². The summed E-state index contributed by atoms with van der Waals surface area (Å²) in [6.45, 7) is 5.77. The lowest BCUT2D eigenvalue weighted by atomic mass is 10.1. The van der Waals surface area contributed by atoms with Gasteiger partial charge in [-0.1, -0.05) is 71.3 Å². The molecule has 0 rings (SSSR count). The first kappa shape index (κ1) is 21.1. The summed E-state index contributed by atoms with van der Waals surface area (Å²) >= 11 is 0. The Morgan fingerprint density at radius 2 is 1.41 bits per heavy atom. The van der Waals surface area contributed by atoms with Gasteiger partial charge in [0.25, 0.3) is 10.1 Å². The Morgan fingerprint density at radius 1 is 0.955 bits per heavy atom. The third-order valence-corrected chi connectivity index (χ3v) is 4.09. The van der Waals surface area contributed by atoms with Gasteiger partial charge in [0, 0.05) is 5.57 Å². The predicted octanol–water partition coefficient (Wildman–Crippen LogP) is 3.89. The van der Waals surface area contributed by atoms with E-state index in [0.29, 0.717) is 0 Å². The normalized spacial score (nSPS) is 11.4. The molecule has 22 heavy (non-hydrogen) atoms. The molecule has 0 aromatic heterocycles. The molecule has 0 atom stereocenters. The summed E-state index contributed by atoms with van der Waals surface area (Å²) in [5, 5.41) is 0. The molecular formula is C16H30O5S. The molecule has 5 nitrogen and oxygen atoms in total. The van der Waals surface area contributed by atoms with E-state index in [1.165, 1.54) is 44.9 Å². The van der Waals surface area contributed by atoms with Crippen LogP contribution in [0.25, 0.3) is 0 Å². The van der Waals surface area contributed by atoms with Crippen molar-refractivity contribution in [2.45, 2.75) is 71.1 Å². The fourth-order valence-electron chi connectivity index (χ4n) is 2.14. The summed E-state index contributed by atoms with van der Waals surface area (Å²) in [4.78, 5) is 11.4. The van der Waals surface area contributed by atoms with Crippen LogP contribution in [-0.4, -0.2) is 31.3 Å². The van der Waals surface area contributed by atoms with Crippen molar-refractivity contribution in [3.8, 4) is 0 Å². The summed E-state index contributed by atoms with van der Waals surface area (Å²) in [6.07, 6.45) is 11.9. The molecule has 0 aromatic carbocycles. The van der Waals surface area contributed by atoms with Crippen molar-refractivity contribution >= 4 is 16.1 Å². The summed E-state index contributed by atoms with van der Waals surface area (Å²) in [7, 11) is -4.22. The summed E-state index contributed by atoms with van der Waals surface area (Å²) in [5.41, 5.74) is -0.241. The summed E-state index contributed by atoms with van der Waals surface area (Å²) in [6, 6.07) is 0. The highest BCUT2D eigenvalue weighted by atomic mass is 32.2. The minimum absolute atomic E-state index is 0.241. The maximum Gasteiger partial charge on any atom is 0.334 e. The zero-order valence-electron chi connectivity index (χ0n) is 13.7. The van der Waals surface area contributed by atoms with Gasteiger partial charge in [-0.2, -0.15) is 8.42 Å². The predicted molar refractivity (Wildman–Crippen MR) is 88.4 cm³/mol. The topological polar surface area (TPSA) is 80.7 Å². The highest BCUT2D eigenvalue weighted by Crippen LogP contribution is 2.10. The van der Waals surface area contributed by atoms with Crippen molar-refractivity contribution in [1.82, 2.24) is 0 Å². The van der Waals surface area contributed by atoms with Gasteiger partial charge in [-0.05, 0) is 6.42 Å². The second-order valence-corrected chi connectivity index (χ2v) is 7.10. The van der Waals surface area contributed by atoms with Crippen molar-refractivity contribution in [1.29, 1.82) is 0 Å². The van der Waals surface area contributed by atoms with Gasteiger partial charge < -0.3 is 4.74 Å². The van der Waals surface area contributed by atoms with Gasteiger partial charge >= 0.3 is 5.97 Å². The molecule has 0 aliphatic heterocycles. The number of carbonyl (C=O) groups excluding carboxylic acids is 1. The molecule has 0 amide bonds. The average Bonchev–Trinajstić information content (AvgIpc) is 2.42.